The average molecular weight is 626 g/mol. The fourth-order valence-corrected chi connectivity index (χ4v) is 4.97. The van der Waals surface area contributed by atoms with Gasteiger partial charge in [0.1, 0.15) is 23.8 Å². The van der Waals surface area contributed by atoms with Crippen molar-refractivity contribution in [2.24, 2.45) is 0 Å². The number of ether oxygens (including phenoxy) is 2. The summed E-state index contributed by atoms with van der Waals surface area (Å²) in [4.78, 5) is 24.2. The summed E-state index contributed by atoms with van der Waals surface area (Å²) in [5.41, 5.74) is 6.21. The van der Waals surface area contributed by atoms with Gasteiger partial charge < -0.3 is 25.0 Å². The SMILES string of the molecule is COc1ccc2c(-c3ccnc(Nc4cccc(OCCN(C)C)c4)n3)c(-c3cccc(NC(=O)C=Cc4ccccc4)c3)nn2c1. The summed E-state index contributed by atoms with van der Waals surface area (Å²) in [5.74, 6) is 1.62. The Balaban J connectivity index is 1.31. The van der Waals surface area contributed by atoms with Gasteiger partial charge in [0, 0.05) is 41.8 Å². The number of amides is 1. The molecule has 0 aliphatic heterocycles. The molecule has 0 saturated carbocycles. The van der Waals surface area contributed by atoms with Crippen LogP contribution in [-0.2, 0) is 4.79 Å². The van der Waals surface area contributed by atoms with Crippen LogP contribution in [-0.4, -0.2) is 64.7 Å². The zero-order valence-electron chi connectivity index (χ0n) is 26.4. The van der Waals surface area contributed by atoms with Crippen LogP contribution in [0.3, 0.4) is 0 Å². The minimum absolute atomic E-state index is 0.232. The van der Waals surface area contributed by atoms with Crippen LogP contribution in [0, 0.1) is 0 Å². The van der Waals surface area contributed by atoms with E-state index in [9.17, 15) is 4.79 Å². The van der Waals surface area contributed by atoms with Gasteiger partial charge in [-0.1, -0.05) is 48.5 Å². The van der Waals surface area contributed by atoms with Gasteiger partial charge in [-0.3, -0.25) is 4.79 Å². The monoisotopic (exact) mass is 625 g/mol. The van der Waals surface area contributed by atoms with Crippen molar-refractivity contribution >= 4 is 34.8 Å². The predicted molar refractivity (Wildman–Crippen MR) is 186 cm³/mol. The summed E-state index contributed by atoms with van der Waals surface area (Å²) in [6.07, 6.45) is 6.84. The van der Waals surface area contributed by atoms with Crippen LogP contribution in [0.25, 0.3) is 34.1 Å². The number of carbonyl (C=O) groups is 1. The highest BCUT2D eigenvalue weighted by Gasteiger charge is 2.19. The molecule has 10 heteroatoms. The molecule has 2 N–H and O–H groups in total. The number of hydrogen-bond donors (Lipinski definition) is 2. The van der Waals surface area contributed by atoms with Crippen LogP contribution in [0.5, 0.6) is 11.5 Å². The molecule has 3 aromatic heterocycles. The van der Waals surface area contributed by atoms with Gasteiger partial charge in [0.2, 0.25) is 11.9 Å². The number of nitrogens with zero attached hydrogens (tertiary/aromatic N) is 5. The first-order valence-corrected chi connectivity index (χ1v) is 15.1. The molecule has 3 aromatic carbocycles. The smallest absolute Gasteiger partial charge is 0.248 e. The minimum atomic E-state index is -0.232. The first-order chi connectivity index (χ1) is 22.9. The molecule has 0 radical (unpaired) electrons. The van der Waals surface area contributed by atoms with E-state index in [2.05, 4.69) is 20.5 Å². The first kappa shape index (κ1) is 31.0. The van der Waals surface area contributed by atoms with Gasteiger partial charge in [-0.2, -0.15) is 5.10 Å². The number of rotatable bonds is 12. The molecular formula is C37H35N7O3. The maximum atomic E-state index is 12.8. The van der Waals surface area contributed by atoms with Crippen LogP contribution in [0.2, 0.25) is 0 Å². The van der Waals surface area contributed by atoms with E-state index in [0.29, 0.717) is 35.4 Å². The van der Waals surface area contributed by atoms with E-state index in [-0.39, 0.29) is 5.91 Å². The standard InChI is InChI=1S/C37H35N7O3/c1-43(2)21-22-47-30-14-8-13-29(24-30)40-37-38-20-19-32(41-37)35-33-17-16-31(46-3)25-44(33)42-36(35)27-11-7-12-28(23-27)39-34(45)18-15-26-9-5-4-6-10-26/h4-20,23-25H,21-22H2,1-3H3,(H,39,45)(H,38,40,41). The summed E-state index contributed by atoms with van der Waals surface area (Å²) in [7, 11) is 5.64. The number of benzene rings is 3. The molecule has 6 aromatic rings. The lowest BCUT2D eigenvalue weighted by Crippen LogP contribution is -2.19. The van der Waals surface area contributed by atoms with Gasteiger partial charge in [0.15, 0.2) is 0 Å². The van der Waals surface area contributed by atoms with Crippen LogP contribution in [0.15, 0.2) is 116 Å². The second kappa shape index (κ2) is 14.4. The second-order valence-electron chi connectivity index (χ2n) is 11.0. The highest BCUT2D eigenvalue weighted by molar-refractivity contribution is 6.02. The van der Waals surface area contributed by atoms with E-state index in [4.69, 9.17) is 19.6 Å². The molecule has 0 fully saturated rings. The molecule has 3 heterocycles. The molecule has 0 bridgehead atoms. The Bertz CT molecular complexity index is 2020. The minimum Gasteiger partial charge on any atom is -0.495 e. The Hall–Kier alpha value is -6.00. The third-order valence-corrected chi connectivity index (χ3v) is 7.28. The molecule has 1 amide bonds. The van der Waals surface area contributed by atoms with E-state index in [1.165, 1.54) is 6.08 Å². The lowest BCUT2D eigenvalue weighted by Gasteiger charge is -2.12. The second-order valence-corrected chi connectivity index (χ2v) is 11.0. The number of nitrogens with one attached hydrogen (secondary N) is 2. The Morgan fingerprint density at radius 2 is 1.74 bits per heavy atom. The van der Waals surface area contributed by atoms with Crippen molar-refractivity contribution < 1.29 is 14.3 Å². The Kier molecular flexibility index (Phi) is 9.50. The summed E-state index contributed by atoms with van der Waals surface area (Å²) >= 11 is 0. The summed E-state index contributed by atoms with van der Waals surface area (Å²) < 4.78 is 13.2. The highest BCUT2D eigenvalue weighted by Crippen LogP contribution is 2.36. The number of aromatic nitrogens is 4. The van der Waals surface area contributed by atoms with E-state index in [1.807, 2.05) is 117 Å². The fraction of sp³-hybridized carbons (Fsp3) is 0.135. The third-order valence-electron chi connectivity index (χ3n) is 7.28. The van der Waals surface area contributed by atoms with Crippen molar-refractivity contribution in [3.63, 3.8) is 0 Å². The van der Waals surface area contributed by atoms with Crippen LogP contribution in [0.1, 0.15) is 5.56 Å². The molecule has 10 nitrogen and oxygen atoms in total. The molecule has 0 aliphatic rings. The van der Waals surface area contributed by atoms with Crippen molar-refractivity contribution in [1.82, 2.24) is 24.5 Å². The number of likely N-dealkylation sites (N-methyl/N-ethyl adjacent to an activating group) is 1. The molecule has 0 saturated heterocycles. The number of fused-ring (bicyclic) bond motifs is 1. The van der Waals surface area contributed by atoms with Crippen molar-refractivity contribution in [3.8, 4) is 34.0 Å². The molecule has 0 spiro atoms. The van der Waals surface area contributed by atoms with Gasteiger partial charge >= 0.3 is 0 Å². The quantitative estimate of drug-likeness (QED) is 0.143. The van der Waals surface area contributed by atoms with Gasteiger partial charge in [0.05, 0.1) is 30.1 Å². The highest BCUT2D eigenvalue weighted by atomic mass is 16.5. The lowest BCUT2D eigenvalue weighted by molar-refractivity contribution is -0.111. The molecule has 47 heavy (non-hydrogen) atoms. The number of hydrogen-bond acceptors (Lipinski definition) is 8. The molecule has 0 aliphatic carbocycles. The number of methoxy groups -OCH3 is 1. The van der Waals surface area contributed by atoms with Gasteiger partial charge in [-0.05, 0) is 68.2 Å². The maximum absolute atomic E-state index is 12.8. The van der Waals surface area contributed by atoms with Crippen LogP contribution >= 0.6 is 0 Å². The van der Waals surface area contributed by atoms with Crippen molar-refractivity contribution in [2.75, 3.05) is 45.0 Å². The maximum Gasteiger partial charge on any atom is 0.248 e. The summed E-state index contributed by atoms with van der Waals surface area (Å²) in [5, 5.41) is 11.2. The first-order valence-electron chi connectivity index (χ1n) is 15.1. The van der Waals surface area contributed by atoms with Crippen molar-refractivity contribution in [3.05, 3.63) is 121 Å². The topological polar surface area (TPSA) is 106 Å². The third kappa shape index (κ3) is 7.81. The zero-order valence-corrected chi connectivity index (χ0v) is 26.4. The van der Waals surface area contributed by atoms with E-state index in [1.54, 1.807) is 23.9 Å². The largest absolute Gasteiger partial charge is 0.495 e. The summed E-state index contributed by atoms with van der Waals surface area (Å²) in [6, 6.07) is 30.7. The zero-order chi connectivity index (χ0) is 32.6. The number of anilines is 3. The van der Waals surface area contributed by atoms with Gasteiger partial charge in [0.25, 0.3) is 0 Å². The predicted octanol–water partition coefficient (Wildman–Crippen LogP) is 6.80. The Morgan fingerprint density at radius 1 is 0.915 bits per heavy atom. The molecule has 236 valence electrons. The van der Waals surface area contributed by atoms with E-state index < -0.39 is 0 Å². The Labute approximate surface area is 273 Å². The Morgan fingerprint density at radius 3 is 2.57 bits per heavy atom. The van der Waals surface area contributed by atoms with Crippen molar-refractivity contribution in [1.29, 1.82) is 0 Å². The van der Waals surface area contributed by atoms with Crippen molar-refractivity contribution in [2.45, 2.75) is 0 Å². The number of carbonyl (C=O) groups excluding carboxylic acids is 1. The normalized spacial score (nSPS) is 11.2. The molecule has 0 atom stereocenters. The van der Waals surface area contributed by atoms with E-state index in [0.717, 1.165) is 40.2 Å². The van der Waals surface area contributed by atoms with Gasteiger partial charge in [-0.15, -0.1) is 0 Å². The molecular weight excluding hydrogens is 590 g/mol. The van der Waals surface area contributed by atoms with E-state index >= 15 is 0 Å². The average Bonchev–Trinajstić information content (AvgIpc) is 3.47. The molecule has 6 rings (SSSR count). The van der Waals surface area contributed by atoms with Gasteiger partial charge in [-0.25, -0.2) is 14.5 Å². The molecule has 0 unspecified atom stereocenters. The number of pyridine rings is 1. The lowest BCUT2D eigenvalue weighted by atomic mass is 10.0. The fourth-order valence-electron chi connectivity index (χ4n) is 4.97. The van der Waals surface area contributed by atoms with Crippen LogP contribution < -0.4 is 20.1 Å². The van der Waals surface area contributed by atoms with Crippen LogP contribution in [0.4, 0.5) is 17.3 Å². The summed E-state index contributed by atoms with van der Waals surface area (Å²) in [6.45, 7) is 1.40.